The van der Waals surface area contributed by atoms with Crippen LogP contribution in [0.3, 0.4) is 0 Å². The number of aryl methyl sites for hydroxylation is 1. The molecule has 16 heavy (non-hydrogen) atoms. The van der Waals surface area contributed by atoms with Crippen molar-refractivity contribution in [2.24, 2.45) is 7.05 Å². The molecular formula is C10H9N5S. The van der Waals surface area contributed by atoms with Crippen LogP contribution in [0.15, 0.2) is 30.0 Å². The van der Waals surface area contributed by atoms with E-state index in [4.69, 9.17) is 0 Å². The van der Waals surface area contributed by atoms with Crippen LogP contribution in [0.25, 0.3) is 10.2 Å². The van der Waals surface area contributed by atoms with E-state index in [0.29, 0.717) is 5.95 Å². The Kier molecular flexibility index (Phi) is 2.07. The fourth-order valence-electron chi connectivity index (χ4n) is 1.43. The number of aromatic nitrogens is 4. The van der Waals surface area contributed by atoms with Crippen molar-refractivity contribution in [3.05, 3.63) is 30.0 Å². The molecule has 0 bridgehead atoms. The highest BCUT2D eigenvalue weighted by Crippen LogP contribution is 2.20. The standard InChI is InChI=1S/C10H9N5S/c1-15-6-8(5-12-15)13-10-11-4-7-2-3-16-9(7)14-10/h2-6H,1H3,(H,11,13,14). The molecule has 0 spiro atoms. The van der Waals surface area contributed by atoms with Crippen LogP contribution < -0.4 is 5.32 Å². The van der Waals surface area contributed by atoms with Crippen molar-refractivity contribution in [2.75, 3.05) is 5.32 Å². The van der Waals surface area contributed by atoms with E-state index in [1.165, 1.54) is 0 Å². The van der Waals surface area contributed by atoms with Gasteiger partial charge in [-0.25, -0.2) is 9.97 Å². The normalized spacial score (nSPS) is 10.8. The smallest absolute Gasteiger partial charge is 0.228 e. The molecule has 0 amide bonds. The molecule has 6 heteroatoms. The zero-order chi connectivity index (χ0) is 11.0. The maximum atomic E-state index is 4.40. The van der Waals surface area contributed by atoms with Gasteiger partial charge in [-0.05, 0) is 11.4 Å². The van der Waals surface area contributed by atoms with Gasteiger partial charge in [0.2, 0.25) is 5.95 Å². The Morgan fingerprint density at radius 1 is 1.38 bits per heavy atom. The van der Waals surface area contributed by atoms with Crippen molar-refractivity contribution < 1.29 is 0 Å². The Balaban J connectivity index is 1.94. The van der Waals surface area contributed by atoms with Gasteiger partial charge in [-0.2, -0.15) is 5.10 Å². The highest BCUT2D eigenvalue weighted by Gasteiger charge is 2.02. The highest BCUT2D eigenvalue weighted by atomic mass is 32.1. The lowest BCUT2D eigenvalue weighted by atomic mass is 10.4. The van der Waals surface area contributed by atoms with Gasteiger partial charge in [-0.15, -0.1) is 11.3 Å². The molecule has 0 aliphatic carbocycles. The number of rotatable bonds is 2. The van der Waals surface area contributed by atoms with Crippen molar-refractivity contribution >= 4 is 33.2 Å². The first-order chi connectivity index (χ1) is 7.81. The van der Waals surface area contributed by atoms with Gasteiger partial charge in [0.05, 0.1) is 11.9 Å². The summed E-state index contributed by atoms with van der Waals surface area (Å²) in [6.07, 6.45) is 5.43. The first-order valence-electron chi connectivity index (χ1n) is 4.77. The lowest BCUT2D eigenvalue weighted by Crippen LogP contribution is -1.94. The summed E-state index contributed by atoms with van der Waals surface area (Å²) < 4.78 is 1.73. The van der Waals surface area contributed by atoms with Crippen LogP contribution in [0.4, 0.5) is 11.6 Å². The molecule has 0 saturated heterocycles. The van der Waals surface area contributed by atoms with E-state index in [-0.39, 0.29) is 0 Å². The molecule has 5 nitrogen and oxygen atoms in total. The predicted molar refractivity (Wildman–Crippen MR) is 63.9 cm³/mol. The van der Waals surface area contributed by atoms with E-state index in [0.717, 1.165) is 15.9 Å². The minimum atomic E-state index is 0.600. The molecule has 0 aromatic carbocycles. The second kappa shape index (κ2) is 3.57. The maximum Gasteiger partial charge on any atom is 0.228 e. The third-order valence-corrected chi connectivity index (χ3v) is 2.99. The molecule has 3 heterocycles. The van der Waals surface area contributed by atoms with Crippen LogP contribution in [0.2, 0.25) is 0 Å². The van der Waals surface area contributed by atoms with Crippen LogP contribution in [-0.4, -0.2) is 19.7 Å². The Labute approximate surface area is 95.8 Å². The van der Waals surface area contributed by atoms with E-state index >= 15 is 0 Å². The highest BCUT2D eigenvalue weighted by molar-refractivity contribution is 7.16. The van der Waals surface area contributed by atoms with Crippen molar-refractivity contribution in [3.8, 4) is 0 Å². The lowest BCUT2D eigenvalue weighted by Gasteiger charge is -2.00. The van der Waals surface area contributed by atoms with E-state index in [9.17, 15) is 0 Å². The second-order valence-electron chi connectivity index (χ2n) is 3.40. The van der Waals surface area contributed by atoms with E-state index in [1.807, 2.05) is 30.9 Å². The number of anilines is 2. The van der Waals surface area contributed by atoms with Gasteiger partial charge in [0.25, 0.3) is 0 Å². The summed E-state index contributed by atoms with van der Waals surface area (Å²) in [5, 5.41) is 10.3. The fourth-order valence-corrected chi connectivity index (χ4v) is 2.17. The summed E-state index contributed by atoms with van der Waals surface area (Å²) in [5.41, 5.74) is 0.887. The molecule has 0 fully saturated rings. The molecule has 0 aliphatic rings. The van der Waals surface area contributed by atoms with Crippen molar-refractivity contribution in [1.29, 1.82) is 0 Å². The van der Waals surface area contributed by atoms with Gasteiger partial charge in [0.15, 0.2) is 0 Å². The summed E-state index contributed by atoms with van der Waals surface area (Å²) in [5.74, 6) is 0.600. The van der Waals surface area contributed by atoms with E-state index < -0.39 is 0 Å². The molecule has 1 N–H and O–H groups in total. The number of hydrogen-bond acceptors (Lipinski definition) is 5. The molecule has 80 valence electrons. The lowest BCUT2D eigenvalue weighted by molar-refractivity contribution is 0.768. The quantitative estimate of drug-likeness (QED) is 0.734. The zero-order valence-corrected chi connectivity index (χ0v) is 9.40. The summed E-state index contributed by atoms with van der Waals surface area (Å²) in [6, 6.07) is 2.01. The number of hydrogen-bond donors (Lipinski definition) is 1. The average molecular weight is 231 g/mol. The monoisotopic (exact) mass is 231 g/mol. The third kappa shape index (κ3) is 1.63. The SMILES string of the molecule is Cn1cc(Nc2ncc3ccsc3n2)cn1. The number of nitrogens with zero attached hydrogens (tertiary/aromatic N) is 4. The van der Waals surface area contributed by atoms with Crippen molar-refractivity contribution in [1.82, 2.24) is 19.7 Å². The topological polar surface area (TPSA) is 55.6 Å². The third-order valence-electron chi connectivity index (χ3n) is 2.17. The van der Waals surface area contributed by atoms with Crippen LogP contribution in [0, 0.1) is 0 Å². The molecule has 3 aromatic rings. The summed E-state index contributed by atoms with van der Waals surface area (Å²) in [6.45, 7) is 0. The van der Waals surface area contributed by atoms with Gasteiger partial charge in [-0.1, -0.05) is 0 Å². The minimum Gasteiger partial charge on any atom is -0.321 e. The van der Waals surface area contributed by atoms with Crippen molar-refractivity contribution in [3.63, 3.8) is 0 Å². The Morgan fingerprint density at radius 2 is 2.31 bits per heavy atom. The fraction of sp³-hybridized carbons (Fsp3) is 0.100. The molecule has 3 rings (SSSR count). The summed E-state index contributed by atoms with van der Waals surface area (Å²) >= 11 is 1.61. The van der Waals surface area contributed by atoms with Crippen LogP contribution in [-0.2, 0) is 7.05 Å². The molecular weight excluding hydrogens is 222 g/mol. The Morgan fingerprint density at radius 3 is 3.12 bits per heavy atom. The maximum absolute atomic E-state index is 4.40. The van der Waals surface area contributed by atoms with Gasteiger partial charge in [0, 0.05) is 24.8 Å². The van der Waals surface area contributed by atoms with Crippen LogP contribution >= 0.6 is 11.3 Å². The first-order valence-corrected chi connectivity index (χ1v) is 5.65. The molecule has 0 radical (unpaired) electrons. The number of fused-ring (bicyclic) bond motifs is 1. The van der Waals surface area contributed by atoms with E-state index in [1.54, 1.807) is 22.2 Å². The molecule has 0 atom stereocenters. The second-order valence-corrected chi connectivity index (χ2v) is 4.30. The minimum absolute atomic E-state index is 0.600. The Hall–Kier alpha value is -1.95. The van der Waals surface area contributed by atoms with Gasteiger partial charge < -0.3 is 5.32 Å². The zero-order valence-electron chi connectivity index (χ0n) is 8.58. The van der Waals surface area contributed by atoms with Gasteiger partial charge >= 0.3 is 0 Å². The summed E-state index contributed by atoms with van der Waals surface area (Å²) in [7, 11) is 1.87. The van der Waals surface area contributed by atoms with Gasteiger partial charge in [0.1, 0.15) is 4.83 Å². The van der Waals surface area contributed by atoms with Crippen LogP contribution in [0.5, 0.6) is 0 Å². The largest absolute Gasteiger partial charge is 0.321 e. The predicted octanol–water partition coefficient (Wildman–Crippen LogP) is 2.17. The summed E-state index contributed by atoms with van der Waals surface area (Å²) in [4.78, 5) is 9.62. The van der Waals surface area contributed by atoms with Gasteiger partial charge in [-0.3, -0.25) is 4.68 Å². The van der Waals surface area contributed by atoms with Crippen LogP contribution in [0.1, 0.15) is 0 Å². The molecule has 3 aromatic heterocycles. The molecule has 0 aliphatic heterocycles. The number of nitrogens with one attached hydrogen (secondary N) is 1. The molecule has 0 unspecified atom stereocenters. The molecule has 0 saturated carbocycles. The average Bonchev–Trinajstić information content (AvgIpc) is 2.87. The number of thiophene rings is 1. The Bertz CT molecular complexity index is 627. The first kappa shape index (κ1) is 9.29. The van der Waals surface area contributed by atoms with Crippen molar-refractivity contribution in [2.45, 2.75) is 0 Å². The van der Waals surface area contributed by atoms with E-state index in [2.05, 4.69) is 20.4 Å².